The molecule has 9 heteroatoms. The highest BCUT2D eigenvalue weighted by molar-refractivity contribution is 5.94. The van der Waals surface area contributed by atoms with Gasteiger partial charge in [0.1, 0.15) is 17.2 Å². The molecule has 9 nitrogen and oxygen atoms in total. The average molecular weight is 527 g/mol. The number of amides is 1. The maximum Gasteiger partial charge on any atom is 0.272 e. The molecule has 0 radical (unpaired) electrons. The Morgan fingerprint density at radius 1 is 0.846 bits per heavy atom. The third-order valence-electron chi connectivity index (χ3n) is 7.11. The third kappa shape index (κ3) is 5.13. The smallest absolute Gasteiger partial charge is 0.272 e. The molecule has 2 aliphatic heterocycles. The topological polar surface area (TPSA) is 78.3 Å². The summed E-state index contributed by atoms with van der Waals surface area (Å²) in [6.45, 7) is 3.88. The Hall–Kier alpha value is -4.50. The third-order valence-corrected chi connectivity index (χ3v) is 7.11. The number of hydrogen-bond donors (Lipinski definition) is 0. The summed E-state index contributed by atoms with van der Waals surface area (Å²) in [6, 6.07) is 23.2. The van der Waals surface area contributed by atoms with E-state index < -0.39 is 0 Å². The van der Waals surface area contributed by atoms with Crippen LogP contribution < -0.4 is 18.9 Å². The molecule has 0 unspecified atom stereocenters. The van der Waals surface area contributed by atoms with E-state index in [2.05, 4.69) is 11.0 Å². The standard InChI is InChI=1S/C30H30N4O5/c1-36-24-9-7-23(8-10-24)34-27(18-26(31-34)22-4-3-5-25(17-22)37-2)30(35)33-14-12-32(13-15-33)19-21-6-11-28-29(16-21)39-20-38-28/h3-11,16-18H,12-15,19-20H2,1-2H3. The summed E-state index contributed by atoms with van der Waals surface area (Å²) >= 11 is 0. The van der Waals surface area contributed by atoms with Gasteiger partial charge < -0.3 is 23.8 Å². The van der Waals surface area contributed by atoms with Gasteiger partial charge in [0.2, 0.25) is 6.79 Å². The Kier molecular flexibility index (Phi) is 6.81. The van der Waals surface area contributed by atoms with Crippen LogP contribution in [0.5, 0.6) is 23.0 Å². The minimum Gasteiger partial charge on any atom is -0.497 e. The van der Waals surface area contributed by atoms with Crippen LogP contribution in [0.4, 0.5) is 0 Å². The van der Waals surface area contributed by atoms with E-state index in [-0.39, 0.29) is 12.7 Å². The molecule has 4 aromatic rings. The van der Waals surface area contributed by atoms with Gasteiger partial charge in [0.05, 0.1) is 25.6 Å². The van der Waals surface area contributed by atoms with E-state index in [1.807, 2.05) is 71.6 Å². The Morgan fingerprint density at radius 2 is 1.62 bits per heavy atom. The van der Waals surface area contributed by atoms with Crippen molar-refractivity contribution in [2.24, 2.45) is 0 Å². The Balaban J connectivity index is 1.22. The minimum atomic E-state index is -0.0461. The molecule has 3 heterocycles. The summed E-state index contributed by atoms with van der Waals surface area (Å²) in [4.78, 5) is 18.1. The number of fused-ring (bicyclic) bond motifs is 1. The fourth-order valence-electron chi connectivity index (χ4n) is 4.95. The Labute approximate surface area is 227 Å². The first kappa shape index (κ1) is 24.8. The highest BCUT2D eigenvalue weighted by Crippen LogP contribution is 2.33. The zero-order chi connectivity index (χ0) is 26.8. The van der Waals surface area contributed by atoms with E-state index in [0.29, 0.717) is 24.5 Å². The number of piperazine rings is 1. The summed E-state index contributed by atoms with van der Waals surface area (Å²) < 4.78 is 23.4. The van der Waals surface area contributed by atoms with Crippen LogP contribution in [-0.4, -0.2) is 72.7 Å². The summed E-state index contributed by atoms with van der Waals surface area (Å²) in [5, 5.41) is 4.84. The molecule has 1 aromatic heterocycles. The monoisotopic (exact) mass is 526 g/mol. The fraction of sp³-hybridized carbons (Fsp3) is 0.267. The number of hydrogen-bond acceptors (Lipinski definition) is 7. The van der Waals surface area contributed by atoms with Crippen LogP contribution in [0.2, 0.25) is 0 Å². The first-order valence-corrected chi connectivity index (χ1v) is 12.9. The maximum atomic E-state index is 13.8. The molecule has 0 aliphatic carbocycles. The van der Waals surface area contributed by atoms with Crippen molar-refractivity contribution >= 4 is 5.91 Å². The van der Waals surface area contributed by atoms with E-state index >= 15 is 0 Å². The highest BCUT2D eigenvalue weighted by Gasteiger charge is 2.27. The molecule has 0 bridgehead atoms. The predicted octanol–water partition coefficient (Wildman–Crippen LogP) is 4.24. The highest BCUT2D eigenvalue weighted by atomic mass is 16.7. The van der Waals surface area contributed by atoms with Gasteiger partial charge in [0.15, 0.2) is 11.5 Å². The van der Waals surface area contributed by atoms with Crippen LogP contribution in [0.15, 0.2) is 72.8 Å². The van der Waals surface area contributed by atoms with Crippen molar-refractivity contribution in [3.05, 3.63) is 84.1 Å². The predicted molar refractivity (Wildman–Crippen MR) is 146 cm³/mol. The van der Waals surface area contributed by atoms with E-state index in [1.54, 1.807) is 18.9 Å². The van der Waals surface area contributed by atoms with Crippen LogP contribution in [0, 0.1) is 0 Å². The molecule has 0 N–H and O–H groups in total. The second-order valence-electron chi connectivity index (χ2n) is 9.51. The summed E-state index contributed by atoms with van der Waals surface area (Å²) in [5.41, 5.74) is 4.05. The van der Waals surface area contributed by atoms with Gasteiger partial charge in [0, 0.05) is 38.3 Å². The minimum absolute atomic E-state index is 0.0461. The second-order valence-corrected chi connectivity index (χ2v) is 9.51. The SMILES string of the molecule is COc1ccc(-n2nc(-c3cccc(OC)c3)cc2C(=O)N2CCN(Cc3ccc4c(c3)OCO4)CC2)cc1. The van der Waals surface area contributed by atoms with Crippen molar-refractivity contribution in [3.8, 4) is 39.9 Å². The first-order valence-electron chi connectivity index (χ1n) is 12.9. The number of ether oxygens (including phenoxy) is 4. The Morgan fingerprint density at radius 3 is 2.38 bits per heavy atom. The molecular formula is C30H30N4O5. The van der Waals surface area contributed by atoms with Gasteiger partial charge in [0.25, 0.3) is 5.91 Å². The van der Waals surface area contributed by atoms with Gasteiger partial charge in [-0.15, -0.1) is 0 Å². The average Bonchev–Trinajstić information content (AvgIpc) is 3.65. The molecule has 6 rings (SSSR count). The zero-order valence-electron chi connectivity index (χ0n) is 22.0. The number of carbonyl (C=O) groups excluding carboxylic acids is 1. The molecule has 39 heavy (non-hydrogen) atoms. The van der Waals surface area contributed by atoms with Crippen LogP contribution in [0.3, 0.4) is 0 Å². The number of rotatable bonds is 7. The number of benzene rings is 3. The molecule has 2 aliphatic rings. The summed E-state index contributed by atoms with van der Waals surface area (Å²) in [7, 11) is 3.27. The molecule has 0 spiro atoms. The lowest BCUT2D eigenvalue weighted by molar-refractivity contribution is 0.0619. The van der Waals surface area contributed by atoms with Crippen molar-refractivity contribution in [1.29, 1.82) is 0 Å². The zero-order valence-corrected chi connectivity index (χ0v) is 22.0. The molecule has 0 atom stereocenters. The molecule has 3 aromatic carbocycles. The quantitative estimate of drug-likeness (QED) is 0.356. The summed E-state index contributed by atoms with van der Waals surface area (Å²) in [5.74, 6) is 3.01. The van der Waals surface area contributed by atoms with Crippen molar-refractivity contribution in [2.45, 2.75) is 6.54 Å². The van der Waals surface area contributed by atoms with Crippen molar-refractivity contribution in [2.75, 3.05) is 47.2 Å². The van der Waals surface area contributed by atoms with E-state index in [9.17, 15) is 4.79 Å². The van der Waals surface area contributed by atoms with Crippen LogP contribution in [-0.2, 0) is 6.54 Å². The number of carbonyl (C=O) groups is 1. The number of aromatic nitrogens is 2. The van der Waals surface area contributed by atoms with Gasteiger partial charge >= 0.3 is 0 Å². The molecule has 1 amide bonds. The van der Waals surface area contributed by atoms with E-state index in [0.717, 1.165) is 53.9 Å². The van der Waals surface area contributed by atoms with Crippen LogP contribution in [0.25, 0.3) is 16.9 Å². The van der Waals surface area contributed by atoms with Gasteiger partial charge in [-0.25, -0.2) is 4.68 Å². The van der Waals surface area contributed by atoms with Crippen LogP contribution >= 0.6 is 0 Å². The molecule has 1 saturated heterocycles. The number of nitrogens with zero attached hydrogens (tertiary/aromatic N) is 4. The van der Waals surface area contributed by atoms with Crippen molar-refractivity contribution in [3.63, 3.8) is 0 Å². The van der Waals surface area contributed by atoms with Gasteiger partial charge in [-0.1, -0.05) is 18.2 Å². The van der Waals surface area contributed by atoms with Gasteiger partial charge in [-0.2, -0.15) is 5.10 Å². The maximum absolute atomic E-state index is 13.8. The van der Waals surface area contributed by atoms with Crippen molar-refractivity contribution in [1.82, 2.24) is 19.6 Å². The normalized spacial score (nSPS) is 14.9. The lowest BCUT2D eigenvalue weighted by Crippen LogP contribution is -2.48. The lowest BCUT2D eigenvalue weighted by atomic mass is 10.1. The molecule has 1 fully saturated rings. The molecule has 200 valence electrons. The lowest BCUT2D eigenvalue weighted by Gasteiger charge is -2.34. The fourth-order valence-corrected chi connectivity index (χ4v) is 4.95. The van der Waals surface area contributed by atoms with Gasteiger partial charge in [-0.05, 0) is 60.2 Å². The second kappa shape index (κ2) is 10.7. The largest absolute Gasteiger partial charge is 0.497 e. The summed E-state index contributed by atoms with van der Waals surface area (Å²) in [6.07, 6.45) is 0. The first-order chi connectivity index (χ1) is 19.1. The molecular weight excluding hydrogens is 496 g/mol. The Bertz CT molecular complexity index is 1480. The molecule has 0 saturated carbocycles. The van der Waals surface area contributed by atoms with Gasteiger partial charge in [-0.3, -0.25) is 9.69 Å². The van der Waals surface area contributed by atoms with Crippen LogP contribution in [0.1, 0.15) is 16.1 Å². The number of methoxy groups -OCH3 is 2. The van der Waals surface area contributed by atoms with E-state index in [4.69, 9.17) is 24.0 Å². The van der Waals surface area contributed by atoms with E-state index in [1.165, 1.54) is 5.56 Å². The van der Waals surface area contributed by atoms with Crippen molar-refractivity contribution < 1.29 is 23.7 Å².